The molecule has 0 unspecified atom stereocenters. The van der Waals surface area contributed by atoms with E-state index in [1.807, 2.05) is 0 Å². The maximum Gasteiger partial charge on any atom is 0.433 e. The van der Waals surface area contributed by atoms with Crippen molar-refractivity contribution in [1.29, 1.82) is 0 Å². The summed E-state index contributed by atoms with van der Waals surface area (Å²) in [5, 5.41) is 13.8. The van der Waals surface area contributed by atoms with Crippen LogP contribution in [-0.2, 0) is 24.7 Å². The molecule has 2 fully saturated rings. The summed E-state index contributed by atoms with van der Waals surface area (Å²) in [6.07, 6.45) is 0. The summed E-state index contributed by atoms with van der Waals surface area (Å²) in [5.74, 6) is -2.14. The van der Waals surface area contributed by atoms with E-state index in [2.05, 4.69) is 5.32 Å². The summed E-state index contributed by atoms with van der Waals surface area (Å²) < 4.78 is 28.4. The molecule has 2 aliphatic heterocycles. The van der Waals surface area contributed by atoms with E-state index < -0.39 is 70.3 Å². The average molecular weight is 350 g/mol. The van der Waals surface area contributed by atoms with Crippen LogP contribution in [0.15, 0.2) is 0 Å². The molecule has 0 saturated carbocycles. The van der Waals surface area contributed by atoms with Crippen molar-refractivity contribution in [2.45, 2.75) is 13.0 Å². The number of hydrogen-bond donors (Lipinski definition) is 2. The fourth-order valence-corrected chi connectivity index (χ4v) is 2.99. The van der Waals surface area contributed by atoms with Gasteiger partial charge in [-0.1, -0.05) is 0 Å². The maximum absolute atomic E-state index is 11.8. The van der Waals surface area contributed by atoms with E-state index in [9.17, 15) is 32.8 Å². The molecule has 2 heterocycles. The van der Waals surface area contributed by atoms with Crippen LogP contribution < -0.4 is 5.32 Å². The predicted molar refractivity (Wildman–Crippen MR) is 71.3 cm³/mol. The molecule has 0 aliphatic carbocycles. The van der Waals surface area contributed by atoms with Gasteiger partial charge in [-0.3, -0.25) is 24.2 Å². The largest absolute Gasteiger partial charge is 0.615 e. The molecule has 2 rings (SSSR count). The van der Waals surface area contributed by atoms with Crippen molar-refractivity contribution in [1.82, 2.24) is 15.1 Å². The van der Waals surface area contributed by atoms with Crippen molar-refractivity contribution in [2.75, 3.05) is 26.2 Å². The molecule has 128 valence electrons. The van der Waals surface area contributed by atoms with Crippen LogP contribution in [0.4, 0.5) is 4.79 Å². The van der Waals surface area contributed by atoms with E-state index in [4.69, 9.17) is 4.55 Å². The Morgan fingerprint density at radius 3 is 2.39 bits per heavy atom. The van der Waals surface area contributed by atoms with Gasteiger partial charge in [0.2, 0.25) is 11.8 Å². The highest BCUT2D eigenvalue weighted by atomic mass is 32.2. The van der Waals surface area contributed by atoms with Crippen molar-refractivity contribution in [3.05, 3.63) is 5.21 Å². The fraction of sp³-hybridized carbons (Fsp3) is 0.600. The predicted octanol–water partition coefficient (Wildman–Crippen LogP) is -2.59. The molecule has 12 nitrogen and oxygen atoms in total. The lowest BCUT2D eigenvalue weighted by Gasteiger charge is -2.49. The lowest BCUT2D eigenvalue weighted by molar-refractivity contribution is -0.805. The number of nitrogens with zero attached hydrogens (tertiary/aromatic N) is 3. The summed E-state index contributed by atoms with van der Waals surface area (Å²) in [5.41, 5.74) is 0. The zero-order valence-corrected chi connectivity index (χ0v) is 12.8. The number of imide groups is 2. The number of hydrogen-bond acceptors (Lipinski definition) is 7. The smallest absolute Gasteiger partial charge is 0.433 e. The monoisotopic (exact) mass is 350 g/mol. The first-order valence-corrected chi connectivity index (χ1v) is 7.82. The number of urea groups is 1. The molecule has 5 amide bonds. The van der Waals surface area contributed by atoms with Gasteiger partial charge in [-0.25, -0.2) is 13.4 Å². The van der Waals surface area contributed by atoms with Gasteiger partial charge in [0.1, 0.15) is 32.2 Å². The lowest BCUT2D eigenvalue weighted by Crippen LogP contribution is -2.70. The van der Waals surface area contributed by atoms with Gasteiger partial charge in [-0.05, 0) is 0 Å². The summed E-state index contributed by atoms with van der Waals surface area (Å²) in [7, 11) is -4.82. The third-order valence-corrected chi connectivity index (χ3v) is 4.66. The first-order valence-electron chi connectivity index (χ1n) is 6.42. The second kappa shape index (κ2) is 5.52. The van der Waals surface area contributed by atoms with Crippen LogP contribution in [0.3, 0.4) is 0 Å². The number of rotatable bonds is 4. The molecule has 0 spiro atoms. The standard InChI is InChI=1S/C10H14N4O8S/c1-6(15)12-3-9(17)13(10(12)18)2-8(16)11-7-4-14(19,5-7)23(20,21)22/h7H,2-5H2,1H3,(H,11,16)(H,20,21,22). The van der Waals surface area contributed by atoms with E-state index in [-0.39, 0.29) is 0 Å². The van der Waals surface area contributed by atoms with Crippen LogP contribution in [0.1, 0.15) is 6.92 Å². The average Bonchev–Trinajstić information content (AvgIpc) is 2.63. The van der Waals surface area contributed by atoms with Gasteiger partial charge in [0.15, 0.2) is 0 Å². The van der Waals surface area contributed by atoms with E-state index in [0.29, 0.717) is 9.80 Å². The minimum atomic E-state index is -4.82. The Hall–Kier alpha value is -2.09. The van der Waals surface area contributed by atoms with Crippen molar-refractivity contribution in [3.63, 3.8) is 0 Å². The molecule has 13 heteroatoms. The van der Waals surface area contributed by atoms with Gasteiger partial charge in [0.25, 0.3) is 5.91 Å². The molecule has 2 aliphatic rings. The van der Waals surface area contributed by atoms with E-state index in [0.717, 1.165) is 6.92 Å². The zero-order valence-electron chi connectivity index (χ0n) is 12.0. The van der Waals surface area contributed by atoms with Gasteiger partial charge in [-0.2, -0.15) is 0 Å². The van der Waals surface area contributed by atoms with Crippen LogP contribution in [0.5, 0.6) is 0 Å². The molecule has 0 atom stereocenters. The van der Waals surface area contributed by atoms with Crippen molar-refractivity contribution >= 4 is 34.1 Å². The first kappa shape index (κ1) is 17.3. The number of carbonyl (C=O) groups is 4. The molecule has 0 radical (unpaired) electrons. The minimum absolute atomic E-state index is 0.450. The summed E-state index contributed by atoms with van der Waals surface area (Å²) in [4.78, 5) is 47.5. The highest BCUT2D eigenvalue weighted by Gasteiger charge is 2.48. The van der Waals surface area contributed by atoms with Gasteiger partial charge in [-0.15, -0.1) is 8.42 Å². The van der Waals surface area contributed by atoms with Crippen molar-refractivity contribution in [3.8, 4) is 0 Å². The summed E-state index contributed by atoms with van der Waals surface area (Å²) in [6.45, 7) is -1.15. The van der Waals surface area contributed by atoms with Gasteiger partial charge < -0.3 is 10.5 Å². The van der Waals surface area contributed by atoms with E-state index in [1.54, 1.807) is 0 Å². The van der Waals surface area contributed by atoms with Crippen LogP contribution >= 0.6 is 0 Å². The van der Waals surface area contributed by atoms with Gasteiger partial charge in [0.05, 0.1) is 0 Å². The van der Waals surface area contributed by atoms with Gasteiger partial charge >= 0.3 is 16.3 Å². The first-order chi connectivity index (χ1) is 10.4. The Morgan fingerprint density at radius 1 is 1.39 bits per heavy atom. The molecular weight excluding hydrogens is 336 g/mol. The highest BCUT2D eigenvalue weighted by molar-refractivity contribution is 7.80. The second-order valence-corrected chi connectivity index (χ2v) is 6.82. The van der Waals surface area contributed by atoms with E-state index in [1.165, 1.54) is 0 Å². The molecule has 0 aromatic heterocycles. The van der Waals surface area contributed by atoms with Crippen molar-refractivity contribution in [2.24, 2.45) is 0 Å². The molecule has 2 N–H and O–H groups in total. The van der Waals surface area contributed by atoms with Crippen LogP contribution in [0.25, 0.3) is 0 Å². The number of carbonyl (C=O) groups excluding carboxylic acids is 4. The Bertz CT molecular complexity index is 683. The number of hydroxylamine groups is 2. The zero-order chi connectivity index (χ0) is 17.6. The quantitative estimate of drug-likeness (QED) is 0.241. The topological polar surface area (TPSA) is 164 Å². The minimum Gasteiger partial charge on any atom is -0.615 e. The summed E-state index contributed by atoms with van der Waals surface area (Å²) >= 11 is 0. The molecule has 2 saturated heterocycles. The highest BCUT2D eigenvalue weighted by Crippen LogP contribution is 2.23. The van der Waals surface area contributed by atoms with Crippen molar-refractivity contribution < 1.29 is 36.2 Å². The fourth-order valence-electron chi connectivity index (χ4n) is 2.26. The number of amides is 5. The Morgan fingerprint density at radius 2 is 1.96 bits per heavy atom. The molecule has 0 bridgehead atoms. The van der Waals surface area contributed by atoms with Gasteiger partial charge in [0, 0.05) is 6.92 Å². The third-order valence-electron chi connectivity index (χ3n) is 3.52. The molecule has 0 aromatic carbocycles. The maximum atomic E-state index is 11.8. The molecule has 23 heavy (non-hydrogen) atoms. The molecular formula is C10H14N4O8S. The van der Waals surface area contributed by atoms with Crippen LogP contribution in [-0.4, -0.2) is 82.8 Å². The van der Waals surface area contributed by atoms with E-state index >= 15 is 0 Å². The lowest BCUT2D eigenvalue weighted by atomic mass is 10.1. The Labute approximate surface area is 130 Å². The normalized spacial score (nSPS) is 27.9. The number of quaternary nitrogens is 1. The van der Waals surface area contributed by atoms with Crippen LogP contribution in [0.2, 0.25) is 0 Å². The SMILES string of the molecule is CC(=O)N1CC(=O)N(CC(=O)NC2C[N+]([O-])(S(=O)(=O)O)C2)C1=O. The Balaban J connectivity index is 1.89. The molecule has 0 aromatic rings. The number of nitrogens with one attached hydrogen (secondary N) is 1. The Kier molecular flexibility index (Phi) is 4.14. The third kappa shape index (κ3) is 3.17. The summed E-state index contributed by atoms with van der Waals surface area (Å²) in [6, 6.07) is -1.73. The second-order valence-electron chi connectivity index (χ2n) is 5.26. The van der Waals surface area contributed by atoms with Crippen LogP contribution in [0, 0.1) is 5.21 Å².